The van der Waals surface area contributed by atoms with Gasteiger partial charge in [-0.25, -0.2) is 0 Å². The van der Waals surface area contributed by atoms with Crippen LogP contribution in [0.3, 0.4) is 0 Å². The molecule has 0 saturated carbocycles. The molecule has 1 unspecified atom stereocenters. The Balaban J connectivity index is 1.33. The predicted molar refractivity (Wildman–Crippen MR) is 101 cm³/mol. The molecule has 1 aromatic carbocycles. The van der Waals surface area contributed by atoms with Gasteiger partial charge >= 0.3 is 0 Å². The van der Waals surface area contributed by atoms with Crippen molar-refractivity contribution in [3.05, 3.63) is 18.2 Å². The highest BCUT2D eigenvalue weighted by Crippen LogP contribution is 2.34. The minimum atomic E-state index is 0.144. The average molecular weight is 365 g/mol. The second-order valence-electron chi connectivity index (χ2n) is 6.61. The maximum atomic E-state index is 12.0. The summed E-state index contributed by atoms with van der Waals surface area (Å²) in [4.78, 5) is 13.1. The van der Waals surface area contributed by atoms with Crippen molar-refractivity contribution in [1.82, 2.24) is 10.6 Å². The minimum Gasteiger partial charge on any atom is -0.490 e. The van der Waals surface area contributed by atoms with Crippen molar-refractivity contribution in [1.29, 1.82) is 0 Å². The Morgan fingerprint density at radius 2 is 2.12 bits per heavy atom. The summed E-state index contributed by atoms with van der Waals surface area (Å²) in [7, 11) is 0. The van der Waals surface area contributed by atoms with E-state index in [9.17, 15) is 4.79 Å². The Kier molecular flexibility index (Phi) is 7.30. The van der Waals surface area contributed by atoms with Crippen molar-refractivity contribution in [3.63, 3.8) is 0 Å². The summed E-state index contributed by atoms with van der Waals surface area (Å²) in [5.74, 6) is 3.26. The van der Waals surface area contributed by atoms with Gasteiger partial charge in [-0.3, -0.25) is 4.79 Å². The monoisotopic (exact) mass is 364 g/mol. The van der Waals surface area contributed by atoms with Gasteiger partial charge in [-0.15, -0.1) is 11.8 Å². The SMILES string of the molecule is O=C(CCSc1ccc2c(c1)OCCCO2)NCCC1CCCNC1. The zero-order valence-corrected chi connectivity index (χ0v) is 15.5. The van der Waals surface area contributed by atoms with E-state index in [4.69, 9.17) is 9.47 Å². The molecule has 2 aliphatic rings. The smallest absolute Gasteiger partial charge is 0.220 e. The number of fused-ring (bicyclic) bond motifs is 1. The van der Waals surface area contributed by atoms with Gasteiger partial charge < -0.3 is 20.1 Å². The van der Waals surface area contributed by atoms with Crippen molar-refractivity contribution < 1.29 is 14.3 Å². The van der Waals surface area contributed by atoms with Crippen LogP contribution >= 0.6 is 11.8 Å². The molecule has 0 aromatic heterocycles. The lowest BCUT2D eigenvalue weighted by Crippen LogP contribution is -2.33. The van der Waals surface area contributed by atoms with Crippen LogP contribution < -0.4 is 20.1 Å². The van der Waals surface area contributed by atoms with Crippen molar-refractivity contribution in [2.24, 2.45) is 5.92 Å². The Morgan fingerprint density at radius 1 is 1.24 bits per heavy atom. The minimum absolute atomic E-state index is 0.144. The van der Waals surface area contributed by atoms with Crippen LogP contribution in [0, 0.1) is 5.92 Å². The summed E-state index contributed by atoms with van der Waals surface area (Å²) in [6.07, 6.45) is 5.07. The van der Waals surface area contributed by atoms with Crippen molar-refractivity contribution in [2.45, 2.75) is 37.0 Å². The summed E-state index contributed by atoms with van der Waals surface area (Å²) >= 11 is 1.68. The van der Waals surface area contributed by atoms with Crippen LogP contribution in [-0.4, -0.2) is 44.5 Å². The van der Waals surface area contributed by atoms with E-state index in [1.807, 2.05) is 18.2 Å². The summed E-state index contributed by atoms with van der Waals surface area (Å²) in [5, 5.41) is 6.47. The lowest BCUT2D eigenvalue weighted by Gasteiger charge is -2.22. The third-order valence-corrected chi connectivity index (χ3v) is 5.59. The van der Waals surface area contributed by atoms with E-state index in [0.29, 0.717) is 25.6 Å². The number of carbonyl (C=O) groups is 1. The molecule has 0 radical (unpaired) electrons. The molecule has 0 spiro atoms. The first-order valence-corrected chi connectivity index (χ1v) is 10.3. The Hall–Kier alpha value is -1.40. The molecule has 1 saturated heterocycles. The molecule has 138 valence electrons. The fourth-order valence-corrected chi connectivity index (χ4v) is 4.05. The molecule has 5 nitrogen and oxygen atoms in total. The van der Waals surface area contributed by atoms with E-state index < -0.39 is 0 Å². The highest BCUT2D eigenvalue weighted by Gasteiger charge is 2.13. The third kappa shape index (κ3) is 6.12. The number of rotatable bonds is 7. The number of ether oxygens (including phenoxy) is 2. The van der Waals surface area contributed by atoms with Gasteiger partial charge in [0.25, 0.3) is 0 Å². The van der Waals surface area contributed by atoms with Gasteiger partial charge in [0.1, 0.15) is 0 Å². The van der Waals surface area contributed by atoms with E-state index in [2.05, 4.69) is 10.6 Å². The molecule has 1 amide bonds. The van der Waals surface area contributed by atoms with E-state index in [-0.39, 0.29) is 5.91 Å². The fraction of sp³-hybridized carbons (Fsp3) is 0.632. The molecule has 6 heteroatoms. The number of carbonyl (C=O) groups excluding carboxylic acids is 1. The number of nitrogens with one attached hydrogen (secondary N) is 2. The lowest BCUT2D eigenvalue weighted by atomic mass is 9.96. The highest BCUT2D eigenvalue weighted by molar-refractivity contribution is 7.99. The largest absolute Gasteiger partial charge is 0.490 e. The maximum absolute atomic E-state index is 12.0. The number of benzene rings is 1. The normalized spacial score (nSPS) is 19.9. The molecule has 0 aliphatic carbocycles. The van der Waals surface area contributed by atoms with Gasteiger partial charge in [-0.05, 0) is 56.5 Å². The van der Waals surface area contributed by atoms with Gasteiger partial charge in [0, 0.05) is 30.0 Å². The van der Waals surface area contributed by atoms with Gasteiger partial charge in [-0.2, -0.15) is 0 Å². The van der Waals surface area contributed by atoms with Crippen LogP contribution in [0.4, 0.5) is 0 Å². The van der Waals surface area contributed by atoms with Gasteiger partial charge in [0.2, 0.25) is 5.91 Å². The third-order valence-electron chi connectivity index (χ3n) is 4.59. The first-order valence-electron chi connectivity index (χ1n) is 9.31. The number of piperidine rings is 1. The van der Waals surface area contributed by atoms with Crippen LogP contribution in [0.5, 0.6) is 11.5 Å². The fourth-order valence-electron chi connectivity index (χ4n) is 3.17. The lowest BCUT2D eigenvalue weighted by molar-refractivity contribution is -0.120. The highest BCUT2D eigenvalue weighted by atomic mass is 32.2. The number of hydrogen-bond donors (Lipinski definition) is 2. The van der Waals surface area contributed by atoms with E-state index >= 15 is 0 Å². The number of hydrogen-bond acceptors (Lipinski definition) is 5. The quantitative estimate of drug-likeness (QED) is 0.729. The van der Waals surface area contributed by atoms with Gasteiger partial charge in [-0.1, -0.05) is 0 Å². The van der Waals surface area contributed by atoms with Crippen LogP contribution in [-0.2, 0) is 4.79 Å². The standard InChI is InChI=1S/C19H28N2O3S/c22-19(21-9-6-15-3-1-8-20-14-15)7-12-25-16-4-5-17-18(13-16)24-11-2-10-23-17/h4-5,13,15,20H,1-3,6-12,14H2,(H,21,22). The van der Waals surface area contributed by atoms with Crippen molar-refractivity contribution >= 4 is 17.7 Å². The molecule has 2 N–H and O–H groups in total. The van der Waals surface area contributed by atoms with E-state index in [1.165, 1.54) is 12.8 Å². The Bertz CT molecular complexity index is 562. The molecule has 1 fully saturated rings. The molecule has 1 aromatic rings. The molecule has 1 atom stereocenters. The van der Waals surface area contributed by atoms with Crippen LogP contribution in [0.25, 0.3) is 0 Å². The summed E-state index contributed by atoms with van der Waals surface area (Å²) in [5.41, 5.74) is 0. The second kappa shape index (κ2) is 9.92. The maximum Gasteiger partial charge on any atom is 0.220 e. The zero-order chi connectivity index (χ0) is 17.3. The molecule has 2 heterocycles. The van der Waals surface area contributed by atoms with E-state index in [1.54, 1.807) is 11.8 Å². The topological polar surface area (TPSA) is 59.6 Å². The van der Waals surface area contributed by atoms with Crippen LogP contribution in [0.1, 0.15) is 32.1 Å². The molecule has 3 rings (SSSR count). The summed E-state index contributed by atoms with van der Waals surface area (Å²) in [6, 6.07) is 6.01. The molecule has 0 bridgehead atoms. The molecular weight excluding hydrogens is 336 g/mol. The van der Waals surface area contributed by atoms with Gasteiger partial charge in [0.15, 0.2) is 11.5 Å². The number of amides is 1. The predicted octanol–water partition coefficient (Wildman–Crippen LogP) is 2.84. The molecule has 2 aliphatic heterocycles. The average Bonchev–Trinajstić information content (AvgIpc) is 2.87. The van der Waals surface area contributed by atoms with Crippen molar-refractivity contribution in [2.75, 3.05) is 38.6 Å². The molecular formula is C19H28N2O3S. The first kappa shape index (κ1) is 18.4. The van der Waals surface area contributed by atoms with Crippen LogP contribution in [0.15, 0.2) is 23.1 Å². The Labute approximate surface area is 154 Å². The summed E-state index contributed by atoms with van der Waals surface area (Å²) in [6.45, 7) is 4.42. The van der Waals surface area contributed by atoms with Crippen molar-refractivity contribution in [3.8, 4) is 11.5 Å². The van der Waals surface area contributed by atoms with E-state index in [0.717, 1.165) is 54.6 Å². The first-order chi connectivity index (χ1) is 12.3. The number of thioether (sulfide) groups is 1. The second-order valence-corrected chi connectivity index (χ2v) is 7.78. The van der Waals surface area contributed by atoms with Gasteiger partial charge in [0.05, 0.1) is 13.2 Å². The zero-order valence-electron chi connectivity index (χ0n) is 14.7. The molecule has 25 heavy (non-hydrogen) atoms. The summed E-state index contributed by atoms with van der Waals surface area (Å²) < 4.78 is 11.3. The Morgan fingerprint density at radius 3 is 2.96 bits per heavy atom. The van der Waals surface area contributed by atoms with Crippen LogP contribution in [0.2, 0.25) is 0 Å².